The molecule has 2 N–H and O–H groups in total. The van der Waals surface area contributed by atoms with E-state index in [-0.39, 0.29) is 29.3 Å². The van der Waals surface area contributed by atoms with Crippen LogP contribution in [0.3, 0.4) is 0 Å². The van der Waals surface area contributed by atoms with Crippen molar-refractivity contribution in [1.82, 2.24) is 4.72 Å². The second-order valence-corrected chi connectivity index (χ2v) is 9.61. The largest absolute Gasteiger partial charge is 0.493 e. The quantitative estimate of drug-likeness (QED) is 0.795. The molecule has 1 aromatic heterocycles. The minimum absolute atomic E-state index is 0.138. The van der Waals surface area contributed by atoms with Crippen LogP contribution in [0.4, 0.5) is 4.39 Å². The van der Waals surface area contributed by atoms with E-state index >= 15 is 0 Å². The van der Waals surface area contributed by atoms with Gasteiger partial charge in [0.2, 0.25) is 10.0 Å². The van der Waals surface area contributed by atoms with Gasteiger partial charge in [0.15, 0.2) is 0 Å². The Balaban J connectivity index is 1.85. The van der Waals surface area contributed by atoms with Gasteiger partial charge in [0.05, 0.1) is 10.4 Å². The second-order valence-electron chi connectivity index (χ2n) is 5.15. The molecule has 5 nitrogen and oxygen atoms in total. The normalized spacial score (nSPS) is 20.8. The number of hydrogen-bond acceptors (Lipinski definition) is 5. The Morgan fingerprint density at radius 3 is 2.87 bits per heavy atom. The summed E-state index contributed by atoms with van der Waals surface area (Å²) in [5, 5.41) is 10.8. The van der Waals surface area contributed by atoms with E-state index in [4.69, 9.17) is 4.74 Å². The van der Waals surface area contributed by atoms with Gasteiger partial charge in [-0.2, -0.15) is 0 Å². The van der Waals surface area contributed by atoms with Gasteiger partial charge < -0.3 is 9.84 Å². The summed E-state index contributed by atoms with van der Waals surface area (Å²) in [5.74, 6) is -0.157. The third kappa shape index (κ3) is 3.43. The summed E-state index contributed by atoms with van der Waals surface area (Å²) in [5.41, 5.74) is -1.27. The van der Waals surface area contributed by atoms with Crippen molar-refractivity contribution < 1.29 is 22.7 Å². The molecular weight excluding hydrogens is 409 g/mol. The molecule has 0 radical (unpaired) electrons. The van der Waals surface area contributed by atoms with Gasteiger partial charge in [-0.1, -0.05) is 0 Å². The van der Waals surface area contributed by atoms with Gasteiger partial charge in [-0.25, -0.2) is 17.5 Å². The highest BCUT2D eigenvalue weighted by Gasteiger charge is 2.37. The van der Waals surface area contributed by atoms with Gasteiger partial charge in [-0.05, 0) is 46.3 Å². The molecule has 1 aliphatic heterocycles. The average Bonchev–Trinajstić information content (AvgIpc) is 2.94. The molecule has 0 amide bonds. The number of hydrogen-bond donors (Lipinski definition) is 2. The maximum absolute atomic E-state index is 13.5. The van der Waals surface area contributed by atoms with Gasteiger partial charge in [0.25, 0.3) is 0 Å². The molecule has 0 saturated carbocycles. The first-order valence-electron chi connectivity index (χ1n) is 6.70. The van der Waals surface area contributed by atoms with E-state index in [1.54, 1.807) is 6.07 Å². The van der Waals surface area contributed by atoms with E-state index in [9.17, 15) is 17.9 Å². The zero-order chi connectivity index (χ0) is 16.7. The van der Waals surface area contributed by atoms with Crippen LogP contribution in [0.5, 0.6) is 5.75 Å². The summed E-state index contributed by atoms with van der Waals surface area (Å²) in [4.78, 5) is 0. The van der Waals surface area contributed by atoms with Crippen molar-refractivity contribution in [1.29, 1.82) is 0 Å². The molecule has 9 heteroatoms. The maximum atomic E-state index is 13.5. The molecular formula is C14H13BrFNO4S2. The maximum Gasteiger partial charge on any atom is 0.250 e. The topological polar surface area (TPSA) is 75.6 Å². The first-order chi connectivity index (χ1) is 10.8. The molecule has 1 aromatic carbocycles. The molecule has 0 aliphatic carbocycles. The smallest absolute Gasteiger partial charge is 0.250 e. The van der Waals surface area contributed by atoms with Crippen LogP contribution in [0.15, 0.2) is 38.3 Å². The van der Waals surface area contributed by atoms with Crippen molar-refractivity contribution >= 4 is 37.3 Å². The summed E-state index contributed by atoms with van der Waals surface area (Å²) in [6.07, 6.45) is 0.167. The van der Waals surface area contributed by atoms with Crippen LogP contribution in [-0.2, 0) is 15.6 Å². The summed E-state index contributed by atoms with van der Waals surface area (Å²) in [7, 11) is -3.75. The zero-order valence-corrected chi connectivity index (χ0v) is 15.0. The van der Waals surface area contributed by atoms with Crippen molar-refractivity contribution in [3.05, 3.63) is 45.5 Å². The highest BCUT2D eigenvalue weighted by Crippen LogP contribution is 2.37. The summed E-state index contributed by atoms with van der Waals surface area (Å²) < 4.78 is 46.6. The number of fused-ring (bicyclic) bond motifs is 1. The summed E-state index contributed by atoms with van der Waals surface area (Å²) in [6, 6.07) is 6.94. The Kier molecular flexibility index (Phi) is 4.49. The molecule has 2 aromatic rings. The third-order valence-electron chi connectivity index (χ3n) is 3.58. The second kappa shape index (κ2) is 6.14. The molecule has 0 spiro atoms. The Hall–Kier alpha value is -1.000. The zero-order valence-electron chi connectivity index (χ0n) is 11.8. The lowest BCUT2D eigenvalue weighted by Gasteiger charge is -2.34. The minimum atomic E-state index is -3.75. The van der Waals surface area contributed by atoms with Crippen LogP contribution in [-0.4, -0.2) is 26.7 Å². The molecule has 124 valence electrons. The Labute approximate surface area is 145 Å². The standard InChI is InChI=1S/C14H13BrFNO4S2/c15-12-3-4-13(22-12)23(19,20)17-8-14(18)5-6-21-11-2-1-9(16)7-10(11)14/h1-4,7,17-18H,5-6,8H2. The molecule has 1 unspecified atom stereocenters. The molecule has 0 saturated heterocycles. The number of nitrogens with one attached hydrogen (secondary N) is 1. The first-order valence-corrected chi connectivity index (χ1v) is 9.80. The Morgan fingerprint density at radius 2 is 2.17 bits per heavy atom. The first kappa shape index (κ1) is 16.8. The number of benzene rings is 1. The van der Waals surface area contributed by atoms with Crippen molar-refractivity contribution in [3.63, 3.8) is 0 Å². The summed E-state index contributed by atoms with van der Waals surface area (Å²) in [6.45, 7) is -0.0356. The minimum Gasteiger partial charge on any atom is -0.493 e. The number of halogens is 2. The highest BCUT2D eigenvalue weighted by atomic mass is 79.9. The Morgan fingerprint density at radius 1 is 1.39 bits per heavy atom. The van der Waals surface area contributed by atoms with Crippen LogP contribution in [0.25, 0.3) is 0 Å². The van der Waals surface area contributed by atoms with Gasteiger partial charge in [-0.15, -0.1) is 11.3 Å². The van der Waals surface area contributed by atoms with Crippen molar-refractivity contribution in [2.75, 3.05) is 13.2 Å². The van der Waals surface area contributed by atoms with Crippen LogP contribution in [0, 0.1) is 5.82 Å². The van der Waals surface area contributed by atoms with E-state index in [2.05, 4.69) is 20.7 Å². The van der Waals surface area contributed by atoms with E-state index in [1.165, 1.54) is 24.3 Å². The number of ether oxygens (including phenoxy) is 1. The molecule has 23 heavy (non-hydrogen) atoms. The molecule has 1 atom stereocenters. The van der Waals surface area contributed by atoms with Crippen LogP contribution in [0.2, 0.25) is 0 Å². The number of thiophene rings is 1. The number of rotatable bonds is 4. The number of sulfonamides is 1. The average molecular weight is 422 g/mol. The fraction of sp³-hybridized carbons (Fsp3) is 0.286. The van der Waals surface area contributed by atoms with Gasteiger partial charge in [0, 0.05) is 18.5 Å². The predicted octanol–water partition coefficient (Wildman–Crippen LogP) is 2.60. The lowest BCUT2D eigenvalue weighted by Crippen LogP contribution is -2.43. The van der Waals surface area contributed by atoms with Crippen molar-refractivity contribution in [3.8, 4) is 5.75 Å². The third-order valence-corrected chi connectivity index (χ3v) is 7.10. The van der Waals surface area contributed by atoms with E-state index in [1.807, 2.05) is 0 Å². The molecule has 1 aliphatic rings. The van der Waals surface area contributed by atoms with E-state index < -0.39 is 21.4 Å². The molecule has 0 fully saturated rings. The van der Waals surface area contributed by atoms with E-state index in [0.29, 0.717) is 9.54 Å². The van der Waals surface area contributed by atoms with Crippen LogP contribution >= 0.6 is 27.3 Å². The SMILES string of the molecule is O=S(=O)(NCC1(O)CCOc2ccc(F)cc21)c1ccc(Br)s1. The highest BCUT2D eigenvalue weighted by molar-refractivity contribution is 9.11. The molecule has 0 bridgehead atoms. The number of aliphatic hydroxyl groups is 1. The van der Waals surface area contributed by atoms with Crippen molar-refractivity contribution in [2.45, 2.75) is 16.2 Å². The van der Waals surface area contributed by atoms with E-state index in [0.717, 1.165) is 11.3 Å². The fourth-order valence-electron chi connectivity index (χ4n) is 2.37. The fourth-order valence-corrected chi connectivity index (χ4v) is 5.51. The van der Waals surface area contributed by atoms with Crippen LogP contribution < -0.4 is 9.46 Å². The van der Waals surface area contributed by atoms with Gasteiger partial charge >= 0.3 is 0 Å². The Bertz CT molecular complexity index is 839. The lowest BCUT2D eigenvalue weighted by molar-refractivity contribution is 0.00185. The predicted molar refractivity (Wildman–Crippen MR) is 87.6 cm³/mol. The molecule has 2 heterocycles. The van der Waals surface area contributed by atoms with Gasteiger partial charge in [0.1, 0.15) is 21.4 Å². The lowest BCUT2D eigenvalue weighted by atomic mass is 9.88. The monoisotopic (exact) mass is 421 g/mol. The van der Waals surface area contributed by atoms with Gasteiger partial charge in [-0.3, -0.25) is 0 Å². The van der Waals surface area contributed by atoms with Crippen LogP contribution in [0.1, 0.15) is 12.0 Å². The summed E-state index contributed by atoms with van der Waals surface area (Å²) >= 11 is 4.28. The molecule has 3 rings (SSSR count). The van der Waals surface area contributed by atoms with Crippen molar-refractivity contribution in [2.24, 2.45) is 0 Å².